The number of ketones is 1. The minimum Gasteiger partial charge on any atom is -0.293 e. The molecule has 25 heavy (non-hydrogen) atoms. The van der Waals surface area contributed by atoms with Crippen LogP contribution in [0.25, 0.3) is 10.2 Å². The third kappa shape index (κ3) is 3.70. The first-order chi connectivity index (χ1) is 11.8. The summed E-state index contributed by atoms with van der Waals surface area (Å²) >= 11 is 2.74. The Morgan fingerprint density at radius 1 is 1.20 bits per heavy atom. The Hall–Kier alpha value is -1.92. The highest BCUT2D eigenvalue weighted by Crippen LogP contribution is 2.24. The summed E-state index contributed by atoms with van der Waals surface area (Å²) in [6, 6.07) is 9.54. The van der Waals surface area contributed by atoms with Gasteiger partial charge in [-0.15, -0.1) is 11.3 Å². The molecule has 0 saturated carbocycles. The number of carbonyl (C=O) groups is 1. The molecule has 0 unspecified atom stereocenters. The quantitative estimate of drug-likeness (QED) is 0.390. The molecular weight excluding hydrogens is 352 g/mol. The molecule has 0 aliphatic rings. The Kier molecular flexibility index (Phi) is 4.84. The molecule has 6 heteroatoms. The number of hydrogen-bond donors (Lipinski definition) is 0. The maximum atomic E-state index is 12.5. The second kappa shape index (κ2) is 6.77. The van der Waals surface area contributed by atoms with Gasteiger partial charge in [0.15, 0.2) is 10.9 Å². The van der Waals surface area contributed by atoms with Crippen molar-refractivity contribution in [1.82, 2.24) is 9.55 Å². The van der Waals surface area contributed by atoms with Crippen molar-refractivity contribution >= 4 is 39.1 Å². The summed E-state index contributed by atoms with van der Waals surface area (Å²) < 4.78 is 1.51. The van der Waals surface area contributed by atoms with E-state index < -0.39 is 0 Å². The van der Waals surface area contributed by atoms with Gasteiger partial charge in [0.2, 0.25) is 0 Å². The fourth-order valence-corrected chi connectivity index (χ4v) is 4.15. The monoisotopic (exact) mass is 372 g/mol. The average Bonchev–Trinajstić information content (AvgIpc) is 3.04. The van der Waals surface area contributed by atoms with Crippen molar-refractivity contribution in [3.8, 4) is 0 Å². The van der Waals surface area contributed by atoms with Crippen molar-refractivity contribution in [3.63, 3.8) is 0 Å². The number of carbonyl (C=O) groups excluding carboxylic acids is 1. The van der Waals surface area contributed by atoms with Crippen molar-refractivity contribution in [2.45, 2.75) is 31.3 Å². The molecule has 1 aromatic carbocycles. The third-order valence-electron chi connectivity index (χ3n) is 4.07. The molecule has 0 saturated heterocycles. The van der Waals surface area contributed by atoms with Crippen molar-refractivity contribution in [2.75, 3.05) is 5.75 Å². The number of thiophene rings is 1. The number of hydrogen-bond acceptors (Lipinski definition) is 5. The average molecular weight is 373 g/mol. The highest BCUT2D eigenvalue weighted by Gasteiger charge is 2.15. The van der Waals surface area contributed by atoms with Crippen LogP contribution in [0.1, 0.15) is 36.7 Å². The molecule has 2 aromatic heterocycles. The second-order valence-corrected chi connectivity index (χ2v) is 8.77. The van der Waals surface area contributed by atoms with Gasteiger partial charge >= 0.3 is 0 Å². The van der Waals surface area contributed by atoms with Crippen LogP contribution in [0.5, 0.6) is 0 Å². The molecule has 0 atom stereocenters. The van der Waals surface area contributed by atoms with Gasteiger partial charge < -0.3 is 0 Å². The van der Waals surface area contributed by atoms with Crippen LogP contribution in [0.15, 0.2) is 45.7 Å². The molecule has 0 fully saturated rings. The minimum atomic E-state index is -0.0734. The summed E-state index contributed by atoms with van der Waals surface area (Å²) in [5.74, 6) is 0.289. The lowest BCUT2D eigenvalue weighted by Crippen LogP contribution is -2.19. The molecule has 0 aliphatic heterocycles. The van der Waals surface area contributed by atoms with Gasteiger partial charge in [-0.05, 0) is 22.4 Å². The first-order valence-electron chi connectivity index (χ1n) is 7.98. The zero-order valence-electron chi connectivity index (χ0n) is 14.7. The lowest BCUT2D eigenvalue weighted by molar-refractivity contribution is 0.102. The zero-order valence-corrected chi connectivity index (χ0v) is 16.3. The summed E-state index contributed by atoms with van der Waals surface area (Å²) in [6.07, 6.45) is 0. The molecule has 3 aromatic rings. The number of thioether (sulfide) groups is 1. The standard InChI is InChI=1S/C19H20N2O2S2/c1-19(2,3)13-7-5-12(6-8-13)15(22)11-25-18-20-16-14(9-10-24-16)17(23)21(18)4/h5-10H,11H2,1-4H3. The van der Waals surface area contributed by atoms with Crippen molar-refractivity contribution in [2.24, 2.45) is 7.05 Å². The first-order valence-corrected chi connectivity index (χ1v) is 9.84. The van der Waals surface area contributed by atoms with E-state index in [1.54, 1.807) is 13.1 Å². The van der Waals surface area contributed by atoms with Crippen LogP contribution in [-0.2, 0) is 12.5 Å². The van der Waals surface area contributed by atoms with Crippen LogP contribution >= 0.6 is 23.1 Å². The van der Waals surface area contributed by atoms with Crippen LogP contribution in [0.3, 0.4) is 0 Å². The van der Waals surface area contributed by atoms with Crippen molar-refractivity contribution in [3.05, 3.63) is 57.2 Å². The van der Waals surface area contributed by atoms with Gasteiger partial charge in [-0.1, -0.05) is 56.8 Å². The van der Waals surface area contributed by atoms with Crippen LogP contribution in [0, 0.1) is 0 Å². The Labute approximate surface area is 154 Å². The third-order valence-corrected chi connectivity index (χ3v) is 5.91. The van der Waals surface area contributed by atoms with Crippen LogP contribution in [0.2, 0.25) is 0 Å². The molecule has 0 bridgehead atoms. The van der Waals surface area contributed by atoms with E-state index in [1.165, 1.54) is 33.2 Å². The number of fused-ring (bicyclic) bond motifs is 1. The lowest BCUT2D eigenvalue weighted by Gasteiger charge is -2.18. The zero-order chi connectivity index (χ0) is 18.2. The van der Waals surface area contributed by atoms with Gasteiger partial charge in [0.25, 0.3) is 5.56 Å². The number of nitrogens with zero attached hydrogens (tertiary/aromatic N) is 2. The predicted molar refractivity (Wildman–Crippen MR) is 105 cm³/mol. The molecule has 0 amide bonds. The maximum Gasteiger partial charge on any atom is 0.262 e. The molecule has 3 rings (SSSR count). The van der Waals surface area contributed by atoms with Gasteiger partial charge in [0, 0.05) is 12.6 Å². The predicted octanol–water partition coefficient (Wildman–Crippen LogP) is 4.27. The van der Waals surface area contributed by atoms with E-state index in [0.717, 1.165) is 0 Å². The van der Waals surface area contributed by atoms with Gasteiger partial charge in [-0.3, -0.25) is 14.2 Å². The largest absolute Gasteiger partial charge is 0.293 e. The van der Waals surface area contributed by atoms with Crippen LogP contribution in [0.4, 0.5) is 0 Å². The van der Waals surface area contributed by atoms with Gasteiger partial charge in [-0.2, -0.15) is 0 Å². The summed E-state index contributed by atoms with van der Waals surface area (Å²) in [6.45, 7) is 6.44. The molecule has 4 nitrogen and oxygen atoms in total. The SMILES string of the molecule is Cn1c(SCC(=O)c2ccc(C(C)(C)C)cc2)nc2sccc2c1=O. The highest BCUT2D eigenvalue weighted by atomic mass is 32.2. The summed E-state index contributed by atoms with van der Waals surface area (Å²) in [4.78, 5) is 30.0. The van der Waals surface area contributed by atoms with E-state index in [2.05, 4.69) is 25.8 Å². The van der Waals surface area contributed by atoms with Gasteiger partial charge in [0.05, 0.1) is 11.1 Å². The Morgan fingerprint density at radius 2 is 1.88 bits per heavy atom. The van der Waals surface area contributed by atoms with E-state index >= 15 is 0 Å². The van der Waals surface area contributed by atoms with Crippen LogP contribution in [-0.4, -0.2) is 21.1 Å². The first kappa shape index (κ1) is 17.9. The molecule has 0 N–H and O–H groups in total. The fourth-order valence-electron chi connectivity index (χ4n) is 2.48. The molecule has 130 valence electrons. The van der Waals surface area contributed by atoms with E-state index in [-0.39, 0.29) is 22.5 Å². The normalized spacial score (nSPS) is 11.8. The second-order valence-electron chi connectivity index (χ2n) is 6.94. The van der Waals surface area contributed by atoms with E-state index in [0.29, 0.717) is 20.9 Å². The Balaban J connectivity index is 1.76. The number of Topliss-reactive ketones (excluding diaryl/α,β-unsaturated/α-hetero) is 1. The minimum absolute atomic E-state index is 0.0333. The van der Waals surface area contributed by atoms with E-state index in [1.807, 2.05) is 29.6 Å². The van der Waals surface area contributed by atoms with Gasteiger partial charge in [-0.25, -0.2) is 4.98 Å². The van der Waals surface area contributed by atoms with Gasteiger partial charge in [0.1, 0.15) is 4.83 Å². The Bertz CT molecular complexity index is 979. The smallest absolute Gasteiger partial charge is 0.262 e. The Morgan fingerprint density at radius 3 is 2.52 bits per heavy atom. The summed E-state index contributed by atoms with van der Waals surface area (Å²) in [7, 11) is 1.69. The summed E-state index contributed by atoms with van der Waals surface area (Å²) in [5, 5.41) is 3.05. The maximum absolute atomic E-state index is 12.5. The topological polar surface area (TPSA) is 52.0 Å². The van der Waals surface area contributed by atoms with Crippen molar-refractivity contribution < 1.29 is 4.79 Å². The van der Waals surface area contributed by atoms with E-state index in [4.69, 9.17) is 0 Å². The molecule has 0 radical (unpaired) electrons. The molecule has 0 spiro atoms. The number of rotatable bonds is 4. The van der Waals surface area contributed by atoms with E-state index in [9.17, 15) is 9.59 Å². The molecule has 2 heterocycles. The summed E-state index contributed by atoms with van der Waals surface area (Å²) in [5.41, 5.74) is 1.87. The van der Waals surface area contributed by atoms with Crippen LogP contribution < -0.4 is 5.56 Å². The fraction of sp³-hybridized carbons (Fsp3) is 0.316. The highest BCUT2D eigenvalue weighted by molar-refractivity contribution is 7.99. The number of benzene rings is 1. The molecule has 0 aliphatic carbocycles. The number of aromatic nitrogens is 2. The lowest BCUT2D eigenvalue weighted by atomic mass is 9.86. The van der Waals surface area contributed by atoms with Crippen molar-refractivity contribution in [1.29, 1.82) is 0 Å². The molecular formula is C19H20N2O2S2.